The first-order valence-corrected chi connectivity index (χ1v) is 16.9. The second-order valence-corrected chi connectivity index (χ2v) is 13.5. The van der Waals surface area contributed by atoms with Gasteiger partial charge in [-0.3, -0.25) is 0 Å². The van der Waals surface area contributed by atoms with Crippen molar-refractivity contribution in [3.63, 3.8) is 0 Å². The van der Waals surface area contributed by atoms with Crippen molar-refractivity contribution in [3.05, 3.63) is 179 Å². The molecule has 7 aromatic rings. The minimum atomic E-state index is 1.21. The highest BCUT2D eigenvalue weighted by Gasteiger charge is 2.17. The van der Waals surface area contributed by atoms with E-state index < -0.39 is 0 Å². The fourth-order valence-corrected chi connectivity index (χ4v) is 6.95. The van der Waals surface area contributed by atoms with E-state index in [0.717, 1.165) is 0 Å². The molecule has 0 N–H and O–H groups in total. The lowest BCUT2D eigenvalue weighted by Crippen LogP contribution is -1.93. The molecule has 0 fully saturated rings. The molecular weight excluding hydrogens is 577 g/mol. The second-order valence-electron chi connectivity index (χ2n) is 13.5. The predicted molar refractivity (Wildman–Crippen MR) is 207 cm³/mol. The molecule has 0 unspecified atom stereocenters. The molecule has 0 saturated carbocycles. The van der Waals surface area contributed by atoms with Gasteiger partial charge in [-0.1, -0.05) is 156 Å². The van der Waals surface area contributed by atoms with E-state index in [-0.39, 0.29) is 0 Å². The highest BCUT2D eigenvalue weighted by molar-refractivity contribution is 5.95. The van der Waals surface area contributed by atoms with Gasteiger partial charge >= 0.3 is 0 Å². The van der Waals surface area contributed by atoms with Gasteiger partial charge in [0.25, 0.3) is 0 Å². The maximum absolute atomic E-state index is 2.42. The first-order chi connectivity index (χ1) is 23.2. The summed E-state index contributed by atoms with van der Waals surface area (Å²) in [4.78, 5) is 0. The average molecular weight is 619 g/mol. The zero-order chi connectivity index (χ0) is 33.4. The van der Waals surface area contributed by atoms with E-state index in [2.05, 4.69) is 187 Å². The van der Waals surface area contributed by atoms with Crippen molar-refractivity contribution in [1.82, 2.24) is 0 Å². The number of rotatable bonds is 6. The predicted octanol–water partition coefficient (Wildman–Crippen LogP) is 13.5. The summed E-state index contributed by atoms with van der Waals surface area (Å²) in [5.41, 5.74) is 22.6. The van der Waals surface area contributed by atoms with Crippen molar-refractivity contribution in [3.8, 4) is 66.8 Å². The Morgan fingerprint density at radius 2 is 0.438 bits per heavy atom. The Morgan fingerprint density at radius 1 is 0.208 bits per heavy atom. The fraction of sp³-hybridized carbons (Fsp3) is 0.125. The van der Waals surface area contributed by atoms with Gasteiger partial charge in [-0.05, 0) is 132 Å². The van der Waals surface area contributed by atoms with Crippen LogP contribution in [0.3, 0.4) is 0 Å². The molecule has 7 rings (SSSR count). The second kappa shape index (κ2) is 13.0. The molecule has 0 bridgehead atoms. The van der Waals surface area contributed by atoms with Gasteiger partial charge < -0.3 is 0 Å². The van der Waals surface area contributed by atoms with Gasteiger partial charge in [0.2, 0.25) is 0 Å². The fourth-order valence-electron chi connectivity index (χ4n) is 6.95. The molecule has 0 saturated heterocycles. The van der Waals surface area contributed by atoms with Crippen LogP contribution in [-0.2, 0) is 0 Å². The summed E-state index contributed by atoms with van der Waals surface area (Å²) < 4.78 is 0. The Morgan fingerprint density at radius 3 is 0.708 bits per heavy atom. The minimum absolute atomic E-state index is 1.21. The lowest BCUT2D eigenvalue weighted by molar-refractivity contribution is 1.38. The van der Waals surface area contributed by atoms with E-state index in [1.54, 1.807) is 0 Å². The zero-order valence-corrected chi connectivity index (χ0v) is 28.9. The van der Waals surface area contributed by atoms with Gasteiger partial charge in [0, 0.05) is 0 Å². The first-order valence-electron chi connectivity index (χ1n) is 16.9. The molecule has 0 spiro atoms. The summed E-state index contributed by atoms with van der Waals surface area (Å²) >= 11 is 0. The molecule has 0 aliphatic carbocycles. The Hall–Kier alpha value is -5.46. The van der Waals surface area contributed by atoms with Crippen LogP contribution in [0.15, 0.2) is 146 Å². The molecule has 0 amide bonds. The van der Waals surface area contributed by atoms with Crippen molar-refractivity contribution < 1.29 is 0 Å². The van der Waals surface area contributed by atoms with Crippen LogP contribution < -0.4 is 0 Å². The topological polar surface area (TPSA) is 0 Å². The maximum atomic E-state index is 2.42. The molecule has 7 aromatic carbocycles. The summed E-state index contributed by atoms with van der Waals surface area (Å²) in [6.07, 6.45) is 0. The summed E-state index contributed by atoms with van der Waals surface area (Å²) in [5, 5.41) is 0. The molecule has 0 aliphatic heterocycles. The summed E-state index contributed by atoms with van der Waals surface area (Å²) in [6.45, 7) is 13.0. The van der Waals surface area contributed by atoms with Crippen LogP contribution in [0.4, 0.5) is 0 Å². The van der Waals surface area contributed by atoms with Crippen LogP contribution in [0.1, 0.15) is 33.4 Å². The molecular formula is C48H42. The lowest BCUT2D eigenvalue weighted by atomic mass is 9.84. The van der Waals surface area contributed by atoms with Crippen molar-refractivity contribution in [2.75, 3.05) is 0 Å². The zero-order valence-electron chi connectivity index (χ0n) is 28.9. The van der Waals surface area contributed by atoms with E-state index in [4.69, 9.17) is 0 Å². The first kappa shape index (κ1) is 31.2. The highest BCUT2D eigenvalue weighted by Crippen LogP contribution is 2.43. The summed E-state index contributed by atoms with van der Waals surface area (Å²) in [7, 11) is 0. The van der Waals surface area contributed by atoms with Crippen LogP contribution in [0.25, 0.3) is 66.8 Å². The van der Waals surface area contributed by atoms with Crippen LogP contribution in [0.2, 0.25) is 0 Å². The van der Waals surface area contributed by atoms with E-state index in [1.807, 2.05) is 0 Å². The molecule has 0 heteroatoms. The molecule has 0 nitrogen and oxygen atoms in total. The van der Waals surface area contributed by atoms with Crippen LogP contribution >= 0.6 is 0 Å². The lowest BCUT2D eigenvalue weighted by Gasteiger charge is -2.19. The van der Waals surface area contributed by atoms with Crippen molar-refractivity contribution >= 4 is 0 Å². The third-order valence-corrected chi connectivity index (χ3v) is 9.66. The number of hydrogen-bond donors (Lipinski definition) is 0. The monoisotopic (exact) mass is 618 g/mol. The highest BCUT2D eigenvalue weighted by atomic mass is 14.2. The standard InChI is InChI=1S/C48H42/c1-31-7-13-39(14-8-31)45-29-48(42-23-19-38(20-24-42)44-26-12-34(4)28-36(44)6)46(40-15-9-32(2)10-16-40)30-47(45)41-21-17-37(18-22-41)43-25-11-33(3)27-35(43)5/h7-30H,1-6H3. The van der Waals surface area contributed by atoms with Crippen molar-refractivity contribution in [1.29, 1.82) is 0 Å². The third kappa shape index (κ3) is 6.27. The summed E-state index contributed by atoms with van der Waals surface area (Å²) in [6, 6.07) is 54.4. The molecule has 0 radical (unpaired) electrons. The van der Waals surface area contributed by atoms with Gasteiger partial charge in [0.15, 0.2) is 0 Å². The molecule has 0 aliphatic rings. The van der Waals surface area contributed by atoms with Gasteiger partial charge in [-0.2, -0.15) is 0 Å². The number of aryl methyl sites for hydroxylation is 6. The molecule has 0 heterocycles. The minimum Gasteiger partial charge on any atom is -0.0587 e. The Kier molecular flexibility index (Phi) is 8.42. The molecule has 0 atom stereocenters. The normalized spacial score (nSPS) is 11.1. The molecule has 0 aromatic heterocycles. The quantitative estimate of drug-likeness (QED) is 0.174. The van der Waals surface area contributed by atoms with Gasteiger partial charge in [0.05, 0.1) is 0 Å². The smallest absolute Gasteiger partial charge is 0.00988 e. The van der Waals surface area contributed by atoms with Crippen molar-refractivity contribution in [2.24, 2.45) is 0 Å². The number of hydrogen-bond acceptors (Lipinski definition) is 0. The van der Waals surface area contributed by atoms with Crippen LogP contribution in [0.5, 0.6) is 0 Å². The van der Waals surface area contributed by atoms with E-state index in [1.165, 1.54) is 100 Å². The Bertz CT molecular complexity index is 2060. The van der Waals surface area contributed by atoms with Gasteiger partial charge in [-0.15, -0.1) is 0 Å². The van der Waals surface area contributed by atoms with Crippen LogP contribution in [0, 0.1) is 41.5 Å². The SMILES string of the molecule is Cc1ccc(-c2cc(-c3ccc(-c4ccc(C)cc4C)cc3)c(-c3ccc(C)cc3)cc2-c2ccc(-c3ccc(C)cc3C)cc2)cc1. The van der Waals surface area contributed by atoms with Crippen molar-refractivity contribution in [2.45, 2.75) is 41.5 Å². The van der Waals surface area contributed by atoms with Gasteiger partial charge in [-0.25, -0.2) is 0 Å². The molecule has 234 valence electrons. The van der Waals surface area contributed by atoms with Crippen LogP contribution in [-0.4, -0.2) is 0 Å². The maximum Gasteiger partial charge on any atom is -0.00988 e. The largest absolute Gasteiger partial charge is 0.0587 e. The number of benzene rings is 7. The average Bonchev–Trinajstić information content (AvgIpc) is 3.09. The Balaban J connectivity index is 1.41. The van der Waals surface area contributed by atoms with E-state index >= 15 is 0 Å². The van der Waals surface area contributed by atoms with Gasteiger partial charge in [0.1, 0.15) is 0 Å². The molecule has 48 heavy (non-hydrogen) atoms. The van der Waals surface area contributed by atoms with E-state index in [0.29, 0.717) is 0 Å². The summed E-state index contributed by atoms with van der Waals surface area (Å²) in [5.74, 6) is 0. The van der Waals surface area contributed by atoms with E-state index in [9.17, 15) is 0 Å². The Labute approximate surface area is 286 Å². The third-order valence-electron chi connectivity index (χ3n) is 9.66.